The highest BCUT2D eigenvalue weighted by molar-refractivity contribution is 5.72. The van der Waals surface area contributed by atoms with Crippen LogP contribution < -0.4 is 0 Å². The molecule has 0 bridgehead atoms. The van der Waals surface area contributed by atoms with Crippen LogP contribution in [0.2, 0.25) is 0 Å². The minimum atomic E-state index is -0.220. The van der Waals surface area contributed by atoms with Gasteiger partial charge < -0.3 is 14.2 Å². The number of carbonyl (C=O) groups excluding carboxylic acids is 1. The number of carbonyl (C=O) groups is 1. The van der Waals surface area contributed by atoms with Crippen molar-refractivity contribution in [1.82, 2.24) is 4.90 Å². The Kier molecular flexibility index (Phi) is 5.60. The molecular formula is C14H25NO4. The fraction of sp³-hybridized carbons (Fsp3) is 0.929. The van der Waals surface area contributed by atoms with E-state index in [1.165, 1.54) is 20.0 Å². The highest BCUT2D eigenvalue weighted by Gasteiger charge is 2.31. The minimum absolute atomic E-state index is 0.0534. The molecule has 0 aromatic heterocycles. The molecule has 5 heteroatoms. The molecule has 2 aliphatic rings. The van der Waals surface area contributed by atoms with Gasteiger partial charge in [-0.15, -0.1) is 0 Å². The van der Waals surface area contributed by atoms with Gasteiger partial charge in [0.05, 0.1) is 19.1 Å². The summed E-state index contributed by atoms with van der Waals surface area (Å²) in [4.78, 5) is 13.7. The van der Waals surface area contributed by atoms with E-state index in [0.29, 0.717) is 0 Å². The lowest BCUT2D eigenvalue weighted by atomic mass is 9.87. The summed E-state index contributed by atoms with van der Waals surface area (Å²) in [5, 5.41) is 0. The van der Waals surface area contributed by atoms with Gasteiger partial charge in [-0.05, 0) is 38.5 Å². The molecule has 1 saturated carbocycles. The summed E-state index contributed by atoms with van der Waals surface area (Å²) < 4.78 is 16.3. The Bertz CT molecular complexity index is 283. The first-order valence-electron chi connectivity index (χ1n) is 7.24. The van der Waals surface area contributed by atoms with Crippen LogP contribution >= 0.6 is 0 Å². The monoisotopic (exact) mass is 271 g/mol. The summed E-state index contributed by atoms with van der Waals surface area (Å²) in [5.41, 5.74) is 0. The standard InChI is InChI=1S/C14H25NO4/c1-17-13(16)11-5-7-12(8-6-11)19-14(18-2)15-9-3-4-10-15/h11-12,14H,3-10H2,1-2H3/t11-,12-,14?. The molecule has 1 aliphatic carbocycles. The van der Waals surface area contributed by atoms with Gasteiger partial charge in [0.25, 0.3) is 0 Å². The number of methoxy groups -OCH3 is 2. The van der Waals surface area contributed by atoms with Crippen molar-refractivity contribution in [3.05, 3.63) is 0 Å². The third-order valence-corrected chi connectivity index (χ3v) is 4.16. The van der Waals surface area contributed by atoms with Crippen LogP contribution in [0.1, 0.15) is 38.5 Å². The lowest BCUT2D eigenvalue weighted by molar-refractivity contribution is -0.233. The SMILES string of the molecule is COC(=O)[C@H]1CC[C@H](OC(OC)N2CCCC2)CC1. The van der Waals surface area contributed by atoms with Gasteiger partial charge in [0.1, 0.15) is 0 Å². The van der Waals surface area contributed by atoms with Crippen molar-refractivity contribution >= 4 is 5.97 Å². The van der Waals surface area contributed by atoms with Crippen molar-refractivity contribution < 1.29 is 19.0 Å². The Morgan fingerprint density at radius 3 is 2.26 bits per heavy atom. The smallest absolute Gasteiger partial charge is 0.308 e. The lowest BCUT2D eigenvalue weighted by Gasteiger charge is -2.33. The van der Waals surface area contributed by atoms with Gasteiger partial charge in [0.15, 0.2) is 0 Å². The fourth-order valence-electron chi connectivity index (χ4n) is 3.01. The van der Waals surface area contributed by atoms with E-state index >= 15 is 0 Å². The van der Waals surface area contributed by atoms with E-state index in [4.69, 9.17) is 14.2 Å². The summed E-state index contributed by atoms with van der Waals surface area (Å²) in [6.07, 6.45) is 5.95. The molecule has 0 aromatic rings. The molecule has 1 atom stereocenters. The first kappa shape index (κ1) is 14.8. The van der Waals surface area contributed by atoms with E-state index in [-0.39, 0.29) is 24.4 Å². The maximum absolute atomic E-state index is 11.5. The average Bonchev–Trinajstić information content (AvgIpc) is 2.98. The molecule has 0 spiro atoms. The van der Waals surface area contributed by atoms with Crippen LogP contribution in [0.25, 0.3) is 0 Å². The van der Waals surface area contributed by atoms with Crippen LogP contribution in [0, 0.1) is 5.92 Å². The van der Waals surface area contributed by atoms with Crippen molar-refractivity contribution in [1.29, 1.82) is 0 Å². The number of likely N-dealkylation sites (tertiary alicyclic amines) is 1. The maximum Gasteiger partial charge on any atom is 0.308 e. The fourth-order valence-corrected chi connectivity index (χ4v) is 3.01. The van der Waals surface area contributed by atoms with Gasteiger partial charge in [-0.25, -0.2) is 0 Å². The molecular weight excluding hydrogens is 246 g/mol. The second-order valence-electron chi connectivity index (χ2n) is 5.42. The van der Waals surface area contributed by atoms with E-state index < -0.39 is 0 Å². The van der Waals surface area contributed by atoms with Crippen LogP contribution in [0.4, 0.5) is 0 Å². The third-order valence-electron chi connectivity index (χ3n) is 4.16. The number of esters is 1. The molecule has 19 heavy (non-hydrogen) atoms. The molecule has 1 aliphatic heterocycles. The zero-order valence-electron chi connectivity index (χ0n) is 12.0. The van der Waals surface area contributed by atoms with E-state index in [9.17, 15) is 4.79 Å². The molecule has 5 nitrogen and oxygen atoms in total. The Labute approximate surface area is 115 Å². The first-order valence-corrected chi connectivity index (χ1v) is 7.24. The molecule has 2 fully saturated rings. The number of rotatable bonds is 5. The molecule has 0 aromatic carbocycles. The third kappa shape index (κ3) is 3.91. The zero-order chi connectivity index (χ0) is 13.7. The molecule has 110 valence electrons. The summed E-state index contributed by atoms with van der Waals surface area (Å²) >= 11 is 0. The van der Waals surface area contributed by atoms with Crippen molar-refractivity contribution in [3.63, 3.8) is 0 Å². The lowest BCUT2D eigenvalue weighted by Crippen LogP contribution is -2.40. The van der Waals surface area contributed by atoms with Crippen molar-refractivity contribution in [2.45, 2.75) is 51.0 Å². The molecule has 1 heterocycles. The average molecular weight is 271 g/mol. The molecule has 0 radical (unpaired) electrons. The highest BCUT2D eigenvalue weighted by Crippen LogP contribution is 2.28. The Morgan fingerprint density at radius 1 is 1.11 bits per heavy atom. The minimum Gasteiger partial charge on any atom is -0.469 e. The summed E-state index contributed by atoms with van der Waals surface area (Å²) in [7, 11) is 3.16. The number of ether oxygens (including phenoxy) is 3. The van der Waals surface area contributed by atoms with Crippen LogP contribution in [-0.4, -0.2) is 50.7 Å². The van der Waals surface area contributed by atoms with Crippen molar-refractivity contribution in [2.75, 3.05) is 27.3 Å². The van der Waals surface area contributed by atoms with Crippen LogP contribution in [-0.2, 0) is 19.0 Å². The van der Waals surface area contributed by atoms with Gasteiger partial charge in [-0.3, -0.25) is 9.69 Å². The maximum atomic E-state index is 11.5. The molecule has 1 unspecified atom stereocenters. The van der Waals surface area contributed by atoms with Crippen LogP contribution in [0.3, 0.4) is 0 Å². The predicted molar refractivity (Wildman–Crippen MR) is 70.5 cm³/mol. The zero-order valence-corrected chi connectivity index (χ0v) is 12.0. The van der Waals surface area contributed by atoms with Gasteiger partial charge in [-0.1, -0.05) is 0 Å². The first-order chi connectivity index (χ1) is 9.24. The summed E-state index contributed by atoms with van der Waals surface area (Å²) in [6, 6.07) is 0. The Balaban J connectivity index is 1.76. The topological polar surface area (TPSA) is 48.0 Å². The largest absolute Gasteiger partial charge is 0.469 e. The van der Waals surface area contributed by atoms with Crippen molar-refractivity contribution in [3.8, 4) is 0 Å². The van der Waals surface area contributed by atoms with E-state index in [2.05, 4.69) is 4.90 Å². The predicted octanol–water partition coefficient (Wildman–Crippen LogP) is 1.76. The van der Waals surface area contributed by atoms with Gasteiger partial charge in [0.2, 0.25) is 6.41 Å². The van der Waals surface area contributed by atoms with Crippen molar-refractivity contribution in [2.24, 2.45) is 5.92 Å². The molecule has 0 N–H and O–H groups in total. The van der Waals surface area contributed by atoms with Gasteiger partial charge >= 0.3 is 5.97 Å². The van der Waals surface area contributed by atoms with E-state index in [0.717, 1.165) is 38.8 Å². The van der Waals surface area contributed by atoms with Gasteiger partial charge in [-0.2, -0.15) is 0 Å². The second kappa shape index (κ2) is 7.22. The van der Waals surface area contributed by atoms with Gasteiger partial charge in [0, 0.05) is 20.2 Å². The normalized spacial score (nSPS) is 30.2. The Morgan fingerprint density at radius 2 is 1.74 bits per heavy atom. The number of hydrogen-bond donors (Lipinski definition) is 0. The van der Waals surface area contributed by atoms with E-state index in [1.54, 1.807) is 7.11 Å². The second-order valence-corrected chi connectivity index (χ2v) is 5.42. The van der Waals surface area contributed by atoms with Crippen LogP contribution in [0.15, 0.2) is 0 Å². The molecule has 1 saturated heterocycles. The van der Waals surface area contributed by atoms with Crippen LogP contribution in [0.5, 0.6) is 0 Å². The number of nitrogens with zero attached hydrogens (tertiary/aromatic N) is 1. The molecule has 0 amide bonds. The summed E-state index contributed by atoms with van der Waals surface area (Å²) in [6.45, 7) is 2.10. The van der Waals surface area contributed by atoms with E-state index in [1.807, 2.05) is 0 Å². The highest BCUT2D eigenvalue weighted by atomic mass is 16.7. The Hall–Kier alpha value is -0.650. The summed E-state index contributed by atoms with van der Waals surface area (Å²) in [5.74, 6) is -0.0288. The quantitative estimate of drug-likeness (QED) is 0.563. The number of hydrogen-bond acceptors (Lipinski definition) is 5. The molecule has 2 rings (SSSR count).